The zero-order chi connectivity index (χ0) is 18.0. The molecule has 8 heteroatoms. The van der Waals surface area contributed by atoms with Crippen LogP contribution in [0.4, 0.5) is 0 Å². The van der Waals surface area contributed by atoms with Crippen molar-refractivity contribution in [2.45, 2.75) is 61.7 Å². The van der Waals surface area contributed by atoms with Crippen LogP contribution in [0.1, 0.15) is 51.0 Å². The molecule has 1 amide bonds. The molecule has 0 atom stereocenters. The van der Waals surface area contributed by atoms with Crippen LogP contribution in [0, 0.1) is 11.3 Å². The van der Waals surface area contributed by atoms with Gasteiger partial charge in [-0.05, 0) is 37.1 Å². The number of amides is 1. The van der Waals surface area contributed by atoms with E-state index in [2.05, 4.69) is 32.2 Å². The van der Waals surface area contributed by atoms with E-state index in [0.717, 1.165) is 60.8 Å². The molecule has 2 aromatic rings. The lowest BCUT2D eigenvalue weighted by Gasteiger charge is -2.31. The van der Waals surface area contributed by atoms with Gasteiger partial charge >= 0.3 is 0 Å². The van der Waals surface area contributed by atoms with Crippen molar-refractivity contribution in [2.75, 3.05) is 5.75 Å². The van der Waals surface area contributed by atoms with E-state index in [4.69, 9.17) is 0 Å². The Morgan fingerprint density at radius 2 is 2.19 bits per heavy atom. The van der Waals surface area contributed by atoms with E-state index in [-0.39, 0.29) is 11.7 Å². The number of hydrogen-bond donors (Lipinski definition) is 1. The number of thioether (sulfide) groups is 1. The van der Waals surface area contributed by atoms with E-state index in [1.165, 1.54) is 11.8 Å². The van der Waals surface area contributed by atoms with Crippen LogP contribution in [-0.4, -0.2) is 32.0 Å². The number of carbonyl (C=O) groups excluding carboxylic acids is 1. The summed E-state index contributed by atoms with van der Waals surface area (Å²) >= 11 is 3.06. The molecule has 0 saturated heterocycles. The first-order valence-corrected chi connectivity index (χ1v) is 10.9. The first-order valence-electron chi connectivity index (χ1n) is 9.05. The van der Waals surface area contributed by atoms with Crippen LogP contribution in [0.5, 0.6) is 0 Å². The van der Waals surface area contributed by atoms with Gasteiger partial charge in [0.1, 0.15) is 5.54 Å². The number of thiophene rings is 1. The summed E-state index contributed by atoms with van der Waals surface area (Å²) in [6, 6.07) is 6.84. The molecule has 2 aliphatic carbocycles. The van der Waals surface area contributed by atoms with Gasteiger partial charge in [0.2, 0.25) is 5.91 Å². The highest BCUT2D eigenvalue weighted by atomic mass is 32.2. The van der Waals surface area contributed by atoms with E-state index < -0.39 is 5.54 Å². The molecule has 2 aliphatic rings. The minimum atomic E-state index is -0.678. The summed E-state index contributed by atoms with van der Waals surface area (Å²) in [5.74, 6) is 1.06. The van der Waals surface area contributed by atoms with Crippen LogP contribution in [-0.2, 0) is 4.79 Å². The first kappa shape index (κ1) is 17.6. The molecule has 26 heavy (non-hydrogen) atoms. The molecule has 0 bridgehead atoms. The van der Waals surface area contributed by atoms with Gasteiger partial charge < -0.3 is 5.32 Å². The Balaban J connectivity index is 1.43. The summed E-state index contributed by atoms with van der Waals surface area (Å²) in [6.07, 6.45) is 6.91. The van der Waals surface area contributed by atoms with E-state index in [0.29, 0.717) is 6.04 Å². The van der Waals surface area contributed by atoms with E-state index in [1.807, 2.05) is 11.4 Å². The maximum absolute atomic E-state index is 12.4. The predicted molar refractivity (Wildman–Crippen MR) is 102 cm³/mol. The van der Waals surface area contributed by atoms with Crippen molar-refractivity contribution < 1.29 is 4.79 Å². The Morgan fingerprint density at radius 3 is 2.85 bits per heavy atom. The monoisotopic (exact) mass is 387 g/mol. The normalized spacial score (nSPS) is 19.0. The second-order valence-corrected chi connectivity index (χ2v) is 8.87. The van der Waals surface area contributed by atoms with Gasteiger partial charge in [0, 0.05) is 6.04 Å². The summed E-state index contributed by atoms with van der Waals surface area (Å²) in [6.45, 7) is 0. The highest BCUT2D eigenvalue weighted by Gasteiger charge is 2.34. The third-order valence-corrected chi connectivity index (χ3v) is 6.76. The van der Waals surface area contributed by atoms with Gasteiger partial charge in [-0.3, -0.25) is 9.36 Å². The van der Waals surface area contributed by atoms with Gasteiger partial charge in [0.05, 0.1) is 16.7 Å². The Morgan fingerprint density at radius 1 is 1.38 bits per heavy atom. The zero-order valence-corrected chi connectivity index (χ0v) is 16.1. The van der Waals surface area contributed by atoms with Crippen LogP contribution in [0.2, 0.25) is 0 Å². The predicted octanol–water partition coefficient (Wildman–Crippen LogP) is 3.78. The van der Waals surface area contributed by atoms with Crippen LogP contribution >= 0.6 is 23.1 Å². The number of aromatic nitrogens is 3. The Kier molecular flexibility index (Phi) is 5.00. The quantitative estimate of drug-likeness (QED) is 0.763. The van der Waals surface area contributed by atoms with Crippen molar-refractivity contribution in [2.24, 2.45) is 0 Å². The molecule has 0 unspecified atom stereocenters. The van der Waals surface area contributed by atoms with Crippen molar-refractivity contribution in [3.8, 4) is 16.8 Å². The molecule has 0 aliphatic heterocycles. The van der Waals surface area contributed by atoms with Gasteiger partial charge in [-0.1, -0.05) is 37.1 Å². The lowest BCUT2D eigenvalue weighted by atomic mass is 9.83. The van der Waals surface area contributed by atoms with Crippen molar-refractivity contribution in [3.05, 3.63) is 17.5 Å². The van der Waals surface area contributed by atoms with Gasteiger partial charge in [0.15, 0.2) is 11.0 Å². The van der Waals surface area contributed by atoms with Crippen molar-refractivity contribution in [1.82, 2.24) is 20.1 Å². The number of hydrogen-bond acceptors (Lipinski definition) is 6. The molecule has 4 rings (SSSR count). The lowest BCUT2D eigenvalue weighted by molar-refractivity contribution is -0.120. The summed E-state index contributed by atoms with van der Waals surface area (Å²) in [7, 11) is 0. The van der Waals surface area contributed by atoms with Crippen molar-refractivity contribution in [1.29, 1.82) is 5.26 Å². The molecule has 2 aromatic heterocycles. The number of nitriles is 1. The van der Waals surface area contributed by atoms with Gasteiger partial charge in [0.25, 0.3) is 0 Å². The molecular formula is C18H21N5OS2. The first-order chi connectivity index (χ1) is 12.7. The van der Waals surface area contributed by atoms with E-state index >= 15 is 0 Å². The molecular weight excluding hydrogens is 366 g/mol. The molecule has 1 N–H and O–H groups in total. The summed E-state index contributed by atoms with van der Waals surface area (Å²) in [4.78, 5) is 13.5. The Labute approximate surface area is 161 Å². The van der Waals surface area contributed by atoms with Gasteiger partial charge in [-0.15, -0.1) is 21.5 Å². The fourth-order valence-corrected chi connectivity index (χ4v) is 4.98. The average Bonchev–Trinajstić information content (AvgIpc) is 3.19. The topological polar surface area (TPSA) is 83.6 Å². The average molecular weight is 388 g/mol. The molecule has 2 fully saturated rings. The maximum atomic E-state index is 12.4. The van der Waals surface area contributed by atoms with Crippen LogP contribution in [0.25, 0.3) is 10.7 Å². The summed E-state index contributed by atoms with van der Waals surface area (Å²) in [5.41, 5.74) is -0.678. The van der Waals surface area contributed by atoms with Crippen LogP contribution < -0.4 is 5.32 Å². The third kappa shape index (κ3) is 3.64. The fraction of sp³-hybridized carbons (Fsp3) is 0.556. The molecule has 0 spiro atoms. The smallest absolute Gasteiger partial charge is 0.231 e. The molecule has 0 radical (unpaired) electrons. The number of carbonyl (C=O) groups is 1. The second-order valence-electron chi connectivity index (χ2n) is 6.98. The minimum absolute atomic E-state index is 0.0959. The molecule has 2 saturated carbocycles. The van der Waals surface area contributed by atoms with Gasteiger partial charge in [-0.25, -0.2) is 0 Å². The minimum Gasteiger partial charge on any atom is -0.337 e. The van der Waals surface area contributed by atoms with Crippen LogP contribution in [0.15, 0.2) is 22.7 Å². The number of rotatable bonds is 6. The second kappa shape index (κ2) is 7.41. The molecule has 0 aromatic carbocycles. The lowest BCUT2D eigenvalue weighted by Crippen LogP contribution is -2.49. The SMILES string of the molecule is N#CC1(NC(=O)CSc2nnc(-c3cccs3)n2C2CC2)CCCCC1. The Bertz CT molecular complexity index is 813. The fourth-order valence-electron chi connectivity index (χ4n) is 3.46. The highest BCUT2D eigenvalue weighted by molar-refractivity contribution is 7.99. The number of nitrogens with one attached hydrogen (secondary N) is 1. The molecule has 6 nitrogen and oxygen atoms in total. The molecule has 2 heterocycles. The standard InChI is InChI=1S/C18H21N5OS2/c19-12-18(8-2-1-3-9-18)20-15(24)11-26-17-22-21-16(14-5-4-10-25-14)23(17)13-6-7-13/h4-5,10,13H,1-3,6-9,11H2,(H,20,24). The van der Waals surface area contributed by atoms with Gasteiger partial charge in [-0.2, -0.15) is 5.26 Å². The third-order valence-electron chi connectivity index (χ3n) is 4.95. The van der Waals surface area contributed by atoms with E-state index in [9.17, 15) is 10.1 Å². The largest absolute Gasteiger partial charge is 0.337 e. The number of nitrogens with zero attached hydrogens (tertiary/aromatic N) is 4. The Hall–Kier alpha value is -1.85. The molecule has 136 valence electrons. The zero-order valence-electron chi connectivity index (χ0n) is 14.5. The highest BCUT2D eigenvalue weighted by Crippen LogP contribution is 2.41. The van der Waals surface area contributed by atoms with Crippen molar-refractivity contribution >= 4 is 29.0 Å². The summed E-state index contributed by atoms with van der Waals surface area (Å²) in [5, 5.41) is 24.0. The van der Waals surface area contributed by atoms with E-state index in [1.54, 1.807) is 11.3 Å². The van der Waals surface area contributed by atoms with Crippen molar-refractivity contribution in [3.63, 3.8) is 0 Å². The summed E-state index contributed by atoms with van der Waals surface area (Å²) < 4.78 is 2.17. The van der Waals surface area contributed by atoms with Crippen LogP contribution in [0.3, 0.4) is 0 Å². The maximum Gasteiger partial charge on any atom is 0.231 e.